The minimum Gasteiger partial charge on any atom is -0.373 e. The number of halogens is 3. The van der Waals surface area contributed by atoms with Crippen LogP contribution in [0.25, 0.3) is 0 Å². The summed E-state index contributed by atoms with van der Waals surface area (Å²) < 4.78 is 57.3. The molecule has 1 aliphatic carbocycles. The van der Waals surface area contributed by atoms with Gasteiger partial charge in [0, 0.05) is 13.5 Å². The summed E-state index contributed by atoms with van der Waals surface area (Å²) in [5.74, 6) is -0.299. The highest BCUT2D eigenvalue weighted by atomic mass is 19.4. The van der Waals surface area contributed by atoms with Crippen LogP contribution in [0.5, 0.6) is 0 Å². The largest absolute Gasteiger partial charge is 0.411 e. The lowest BCUT2D eigenvalue weighted by Gasteiger charge is -2.44. The summed E-state index contributed by atoms with van der Waals surface area (Å²) in [4.78, 5) is 12.1. The van der Waals surface area contributed by atoms with E-state index in [1.54, 1.807) is 13.8 Å². The zero-order chi connectivity index (χ0) is 17.3. The van der Waals surface area contributed by atoms with Gasteiger partial charge in [-0.25, -0.2) is 0 Å². The molecule has 8 heteroatoms. The topological polar surface area (TPSA) is 57.3 Å². The molecule has 2 rings (SSSR count). The van der Waals surface area contributed by atoms with Gasteiger partial charge in [-0.3, -0.25) is 4.79 Å². The van der Waals surface area contributed by atoms with Gasteiger partial charge in [0.15, 0.2) is 5.78 Å². The standard InChI is InChI=1S/C15H23F3O5/c1-13(2,22-7-6-21-9-15(16,17)18)12-11(20-3)10(19)4-5-14(12)8-23-14/h11-12H,4-9H2,1-3H3/t11-,12-,14+/m1/s1. The molecule has 2 aliphatic rings. The van der Waals surface area contributed by atoms with Crippen molar-refractivity contribution in [2.24, 2.45) is 5.92 Å². The SMILES string of the molecule is CO[C@@H]1C(=O)CC[C@]2(CO2)[C@H]1C(C)(C)OCCOCC(F)(F)F. The molecule has 2 fully saturated rings. The fourth-order valence-electron chi connectivity index (χ4n) is 3.42. The summed E-state index contributed by atoms with van der Waals surface area (Å²) in [6, 6.07) is 0. The van der Waals surface area contributed by atoms with Gasteiger partial charge in [0.1, 0.15) is 18.3 Å². The Labute approximate surface area is 133 Å². The van der Waals surface area contributed by atoms with Crippen molar-refractivity contribution in [2.75, 3.05) is 33.5 Å². The maximum atomic E-state index is 12.1. The van der Waals surface area contributed by atoms with E-state index in [1.807, 2.05) is 0 Å². The van der Waals surface area contributed by atoms with E-state index in [2.05, 4.69) is 4.74 Å². The molecule has 3 atom stereocenters. The smallest absolute Gasteiger partial charge is 0.373 e. The number of Topliss-reactive ketones (excluding diaryl/α,β-unsaturated/α-hetero) is 1. The molecule has 1 spiro atoms. The molecule has 0 unspecified atom stereocenters. The minimum absolute atomic E-state index is 0.000283. The summed E-state index contributed by atoms with van der Waals surface area (Å²) in [5.41, 5.74) is -1.21. The van der Waals surface area contributed by atoms with Gasteiger partial charge < -0.3 is 18.9 Å². The lowest BCUT2D eigenvalue weighted by molar-refractivity contribution is -0.187. The van der Waals surface area contributed by atoms with Crippen LogP contribution in [-0.2, 0) is 23.7 Å². The monoisotopic (exact) mass is 340 g/mol. The molecule has 134 valence electrons. The predicted octanol–water partition coefficient (Wildman–Crippen LogP) is 2.12. The van der Waals surface area contributed by atoms with Gasteiger partial charge in [-0.05, 0) is 20.3 Å². The highest BCUT2D eigenvalue weighted by Crippen LogP contribution is 2.51. The second kappa shape index (κ2) is 6.66. The fourth-order valence-corrected chi connectivity index (χ4v) is 3.42. The number of methoxy groups -OCH3 is 1. The molecule has 1 aliphatic heterocycles. The van der Waals surface area contributed by atoms with Crippen LogP contribution in [-0.4, -0.2) is 62.8 Å². The van der Waals surface area contributed by atoms with Crippen LogP contribution in [0, 0.1) is 5.92 Å². The Hall–Kier alpha value is -0.700. The fraction of sp³-hybridized carbons (Fsp3) is 0.933. The average Bonchev–Trinajstić information content (AvgIpc) is 3.19. The van der Waals surface area contributed by atoms with Crippen molar-refractivity contribution in [3.63, 3.8) is 0 Å². The maximum Gasteiger partial charge on any atom is 0.411 e. The van der Waals surface area contributed by atoms with E-state index in [4.69, 9.17) is 14.2 Å². The molecule has 23 heavy (non-hydrogen) atoms. The van der Waals surface area contributed by atoms with Crippen molar-refractivity contribution in [3.8, 4) is 0 Å². The molecule has 0 aromatic rings. The summed E-state index contributed by atoms with van der Waals surface area (Å²) in [6.07, 6.45) is -3.95. The van der Waals surface area contributed by atoms with Crippen molar-refractivity contribution in [2.45, 2.75) is 50.2 Å². The van der Waals surface area contributed by atoms with Crippen molar-refractivity contribution in [1.82, 2.24) is 0 Å². The molecular formula is C15H23F3O5. The Morgan fingerprint density at radius 1 is 1.30 bits per heavy atom. The first-order chi connectivity index (χ1) is 10.6. The number of hydrogen-bond donors (Lipinski definition) is 0. The van der Waals surface area contributed by atoms with E-state index in [1.165, 1.54) is 7.11 Å². The number of rotatable bonds is 7. The first-order valence-corrected chi connectivity index (χ1v) is 7.59. The van der Waals surface area contributed by atoms with Gasteiger partial charge in [0.05, 0.1) is 31.3 Å². The quantitative estimate of drug-likeness (QED) is 0.525. The number of hydrogen-bond acceptors (Lipinski definition) is 5. The van der Waals surface area contributed by atoms with Crippen molar-refractivity contribution in [1.29, 1.82) is 0 Å². The number of carbonyl (C=O) groups excluding carboxylic acids is 1. The summed E-state index contributed by atoms with van der Waals surface area (Å²) in [7, 11) is 1.47. The van der Waals surface area contributed by atoms with Crippen LogP contribution < -0.4 is 0 Å². The van der Waals surface area contributed by atoms with E-state index in [0.717, 1.165) is 0 Å². The molecule has 5 nitrogen and oxygen atoms in total. The lowest BCUT2D eigenvalue weighted by Crippen LogP contribution is -2.56. The summed E-state index contributed by atoms with van der Waals surface area (Å²) in [6.45, 7) is 2.68. The van der Waals surface area contributed by atoms with Crippen LogP contribution in [0.15, 0.2) is 0 Å². The van der Waals surface area contributed by atoms with E-state index in [-0.39, 0.29) is 24.9 Å². The highest BCUT2D eigenvalue weighted by molar-refractivity contribution is 5.85. The Morgan fingerprint density at radius 3 is 2.48 bits per heavy atom. The third-order valence-corrected chi connectivity index (χ3v) is 4.47. The first kappa shape index (κ1) is 18.6. The average molecular weight is 340 g/mol. The van der Waals surface area contributed by atoms with Crippen molar-refractivity contribution < 1.29 is 36.9 Å². The molecule has 1 saturated heterocycles. The lowest BCUT2D eigenvalue weighted by atomic mass is 9.69. The molecular weight excluding hydrogens is 317 g/mol. The number of ether oxygens (including phenoxy) is 4. The molecule has 0 aromatic carbocycles. The summed E-state index contributed by atoms with van der Waals surface area (Å²) in [5, 5.41) is 0. The Morgan fingerprint density at radius 2 is 1.96 bits per heavy atom. The third kappa shape index (κ3) is 4.43. The zero-order valence-corrected chi connectivity index (χ0v) is 13.6. The zero-order valence-electron chi connectivity index (χ0n) is 13.6. The summed E-state index contributed by atoms with van der Waals surface area (Å²) >= 11 is 0. The number of alkyl halides is 3. The molecule has 0 amide bonds. The maximum absolute atomic E-state index is 12.1. The molecule has 0 radical (unpaired) electrons. The van der Waals surface area contributed by atoms with E-state index in [9.17, 15) is 18.0 Å². The van der Waals surface area contributed by atoms with Gasteiger partial charge in [0.2, 0.25) is 0 Å². The number of carbonyl (C=O) groups is 1. The third-order valence-electron chi connectivity index (χ3n) is 4.47. The molecule has 0 bridgehead atoms. The van der Waals surface area contributed by atoms with Crippen LogP contribution in [0.4, 0.5) is 13.2 Å². The minimum atomic E-state index is -4.35. The van der Waals surface area contributed by atoms with Crippen LogP contribution in [0.3, 0.4) is 0 Å². The second-order valence-electron chi connectivity index (χ2n) is 6.57. The predicted molar refractivity (Wildman–Crippen MR) is 74.1 cm³/mol. The van der Waals surface area contributed by atoms with Gasteiger partial charge in [-0.1, -0.05) is 0 Å². The van der Waals surface area contributed by atoms with Gasteiger partial charge in [0.25, 0.3) is 0 Å². The second-order valence-corrected chi connectivity index (χ2v) is 6.57. The van der Waals surface area contributed by atoms with Gasteiger partial charge in [-0.2, -0.15) is 13.2 Å². The van der Waals surface area contributed by atoms with Gasteiger partial charge in [-0.15, -0.1) is 0 Å². The van der Waals surface area contributed by atoms with E-state index >= 15 is 0 Å². The van der Waals surface area contributed by atoms with E-state index < -0.39 is 30.1 Å². The molecule has 1 saturated carbocycles. The van der Waals surface area contributed by atoms with Crippen molar-refractivity contribution in [3.05, 3.63) is 0 Å². The normalized spacial score (nSPS) is 31.7. The van der Waals surface area contributed by atoms with Crippen LogP contribution in [0.1, 0.15) is 26.7 Å². The Bertz CT molecular complexity index is 431. The Kier molecular flexibility index (Phi) is 5.40. The first-order valence-electron chi connectivity index (χ1n) is 7.59. The van der Waals surface area contributed by atoms with Crippen molar-refractivity contribution >= 4 is 5.78 Å². The van der Waals surface area contributed by atoms with E-state index in [0.29, 0.717) is 19.4 Å². The molecule has 0 aromatic heterocycles. The Balaban J connectivity index is 1.92. The molecule has 0 N–H and O–H groups in total. The highest BCUT2D eigenvalue weighted by Gasteiger charge is 2.63. The number of ketones is 1. The van der Waals surface area contributed by atoms with Gasteiger partial charge >= 0.3 is 6.18 Å². The van der Waals surface area contributed by atoms with Crippen LogP contribution >= 0.6 is 0 Å². The number of epoxide rings is 1. The van der Waals surface area contributed by atoms with Crippen LogP contribution in [0.2, 0.25) is 0 Å². The molecule has 1 heterocycles.